The molecule has 1 saturated heterocycles. The van der Waals surface area contributed by atoms with E-state index in [2.05, 4.69) is 0 Å². The average Bonchev–Trinajstić information content (AvgIpc) is 3.08. The van der Waals surface area contributed by atoms with E-state index in [0.717, 1.165) is 18.2 Å². The Kier molecular flexibility index (Phi) is 8.61. The molecule has 0 unspecified atom stereocenters. The number of fused-ring (bicyclic) bond motifs is 2. The maximum absolute atomic E-state index is 14.7. The molecule has 0 aromatic heterocycles. The summed E-state index contributed by atoms with van der Waals surface area (Å²) < 4.78 is 23.4. The number of phenolic OH excluding ortho intramolecular Hbond substituents is 5. The van der Waals surface area contributed by atoms with Crippen LogP contribution in [0.1, 0.15) is 44.1 Å². The number of hydrogen-bond acceptors (Lipinski definition) is 15. The fraction of sp³-hybridized carbons (Fsp3) is 0.278. The molecule has 1 fully saturated rings. The summed E-state index contributed by atoms with van der Waals surface area (Å²) in [6.45, 7) is -0.473. The predicted octanol–water partition coefficient (Wildman–Crippen LogP) is 1.96. The fourth-order valence-corrected chi connectivity index (χ4v) is 6.78. The van der Waals surface area contributed by atoms with E-state index in [1.807, 2.05) is 0 Å². The molecule has 0 spiro atoms. The maximum atomic E-state index is 14.7. The Hall–Kier alpha value is -5.58. The standard InChI is InChI=1S/C36H32O15/c37-16-5-1-14(2-6-16)34-27(30(43)25-20(40)9-18(39)10-22(25)49-34)28-31(44)26-21(41)11-19(48-13-24-29(42)32(45)33(46)36(47)51-24)12-23(26)50-35(28)15-3-7-17(38)8-4-15/h1-12,24,27-29,32-42,45-47H,13H2/t24-,27+,28+,29-,32+,33-,34-,35-,36-/m1/s1. The molecule has 15 nitrogen and oxygen atoms in total. The monoisotopic (exact) mass is 704 g/mol. The van der Waals surface area contributed by atoms with Crippen LogP contribution in [-0.2, 0) is 4.74 Å². The lowest BCUT2D eigenvalue weighted by atomic mass is 9.69. The number of Topliss-reactive ketones (excluding diaryl/α,β-unsaturated/α-hetero) is 2. The first-order valence-corrected chi connectivity index (χ1v) is 15.8. The van der Waals surface area contributed by atoms with Crippen molar-refractivity contribution in [1.29, 1.82) is 0 Å². The second kappa shape index (κ2) is 12.9. The van der Waals surface area contributed by atoms with Gasteiger partial charge in [0.2, 0.25) is 0 Å². The van der Waals surface area contributed by atoms with Crippen molar-refractivity contribution in [2.45, 2.75) is 42.9 Å². The molecule has 9 N–H and O–H groups in total. The largest absolute Gasteiger partial charge is 0.508 e. The summed E-state index contributed by atoms with van der Waals surface area (Å²) in [5.74, 6) is -6.51. The number of aliphatic hydroxyl groups excluding tert-OH is 4. The molecule has 3 aliphatic rings. The van der Waals surface area contributed by atoms with Gasteiger partial charge in [0.15, 0.2) is 17.9 Å². The molecule has 0 amide bonds. The Bertz CT molecular complexity index is 1980. The molecule has 15 heteroatoms. The van der Waals surface area contributed by atoms with Crippen LogP contribution in [0.3, 0.4) is 0 Å². The van der Waals surface area contributed by atoms with E-state index >= 15 is 0 Å². The van der Waals surface area contributed by atoms with Crippen LogP contribution in [-0.4, -0.2) is 94.8 Å². The minimum Gasteiger partial charge on any atom is -0.508 e. The normalized spacial score (nSPS) is 28.6. The van der Waals surface area contributed by atoms with Gasteiger partial charge in [-0.1, -0.05) is 24.3 Å². The first kappa shape index (κ1) is 33.9. The van der Waals surface area contributed by atoms with Gasteiger partial charge in [-0.15, -0.1) is 0 Å². The molecule has 0 aliphatic carbocycles. The number of ether oxygens (including phenoxy) is 4. The summed E-state index contributed by atoms with van der Waals surface area (Å²) >= 11 is 0. The molecule has 9 atom stereocenters. The number of carbonyl (C=O) groups excluding carboxylic acids is 2. The van der Waals surface area contributed by atoms with E-state index in [9.17, 15) is 55.5 Å². The van der Waals surface area contributed by atoms with E-state index in [0.29, 0.717) is 11.1 Å². The smallest absolute Gasteiger partial charge is 0.184 e. The van der Waals surface area contributed by atoms with Crippen molar-refractivity contribution in [3.63, 3.8) is 0 Å². The highest BCUT2D eigenvalue weighted by atomic mass is 16.6. The van der Waals surface area contributed by atoms with Crippen LogP contribution >= 0.6 is 0 Å². The number of carbonyl (C=O) groups is 2. The quantitative estimate of drug-likeness (QED) is 0.139. The third-order valence-electron chi connectivity index (χ3n) is 9.31. The minimum atomic E-state index is -1.81. The lowest BCUT2D eigenvalue weighted by Gasteiger charge is -2.42. The zero-order valence-electron chi connectivity index (χ0n) is 26.3. The Morgan fingerprint density at radius 3 is 1.59 bits per heavy atom. The molecule has 3 heterocycles. The van der Waals surface area contributed by atoms with Crippen molar-refractivity contribution in [2.75, 3.05) is 6.61 Å². The van der Waals surface area contributed by atoms with Gasteiger partial charge in [-0.05, 0) is 35.4 Å². The van der Waals surface area contributed by atoms with Crippen LogP contribution in [0.5, 0.6) is 46.0 Å². The van der Waals surface area contributed by atoms with Gasteiger partial charge in [-0.3, -0.25) is 9.59 Å². The van der Waals surface area contributed by atoms with Crippen LogP contribution in [0.15, 0.2) is 72.8 Å². The summed E-state index contributed by atoms with van der Waals surface area (Å²) in [6.07, 6.45) is -10.8. The molecule has 0 saturated carbocycles. The summed E-state index contributed by atoms with van der Waals surface area (Å²) in [5.41, 5.74) is 0.0772. The maximum Gasteiger partial charge on any atom is 0.184 e. The molecule has 51 heavy (non-hydrogen) atoms. The summed E-state index contributed by atoms with van der Waals surface area (Å²) in [4.78, 5) is 29.1. The molecular weight excluding hydrogens is 672 g/mol. The van der Waals surface area contributed by atoms with Crippen molar-refractivity contribution in [3.8, 4) is 46.0 Å². The van der Waals surface area contributed by atoms with Crippen molar-refractivity contribution in [3.05, 3.63) is 95.1 Å². The van der Waals surface area contributed by atoms with Gasteiger partial charge in [0.25, 0.3) is 0 Å². The molecule has 4 aromatic carbocycles. The Morgan fingerprint density at radius 1 is 0.569 bits per heavy atom. The second-order valence-corrected chi connectivity index (χ2v) is 12.5. The summed E-state index contributed by atoms with van der Waals surface area (Å²) in [7, 11) is 0. The van der Waals surface area contributed by atoms with Gasteiger partial charge >= 0.3 is 0 Å². The second-order valence-electron chi connectivity index (χ2n) is 12.5. The topological polar surface area (TPSA) is 253 Å². The highest BCUT2D eigenvalue weighted by molar-refractivity contribution is 6.11. The number of phenols is 5. The van der Waals surface area contributed by atoms with Crippen LogP contribution in [0, 0.1) is 11.8 Å². The Morgan fingerprint density at radius 2 is 1.06 bits per heavy atom. The number of aromatic hydroxyl groups is 5. The van der Waals surface area contributed by atoms with E-state index < -0.39 is 84.4 Å². The predicted molar refractivity (Wildman–Crippen MR) is 171 cm³/mol. The van der Waals surface area contributed by atoms with Crippen LogP contribution < -0.4 is 14.2 Å². The molecule has 266 valence electrons. The molecular formula is C36H32O15. The Labute approximate surface area is 288 Å². The number of benzene rings is 4. The van der Waals surface area contributed by atoms with E-state index in [1.165, 1.54) is 54.6 Å². The summed E-state index contributed by atoms with van der Waals surface area (Å²) in [5, 5.41) is 92.1. The lowest BCUT2D eigenvalue weighted by Crippen LogP contribution is -2.58. The SMILES string of the molecule is O=C1c2c(O)cc(O)cc2O[C@H](c2ccc(O)cc2)[C@H]1[C@H]1C(=O)c2c(O)cc(OC[C@H]3O[C@@H](O)[C@H](O)[C@@H](O)[C@@H]3O)cc2O[C@@H]1c1ccc(O)cc1. The van der Waals surface area contributed by atoms with E-state index in [4.69, 9.17) is 18.9 Å². The first-order valence-electron chi connectivity index (χ1n) is 15.8. The molecule has 0 bridgehead atoms. The number of rotatable bonds is 6. The van der Waals surface area contributed by atoms with Crippen LogP contribution in [0.2, 0.25) is 0 Å². The zero-order chi connectivity index (χ0) is 36.3. The first-order chi connectivity index (χ1) is 24.3. The molecule has 4 aromatic rings. The number of ketones is 2. The van der Waals surface area contributed by atoms with Gasteiger partial charge in [0.1, 0.15) is 100 Å². The molecule has 3 aliphatic heterocycles. The lowest BCUT2D eigenvalue weighted by molar-refractivity contribution is -0.285. The summed E-state index contributed by atoms with van der Waals surface area (Å²) in [6, 6.07) is 15.8. The number of hydrogen-bond donors (Lipinski definition) is 9. The van der Waals surface area contributed by atoms with E-state index in [1.54, 1.807) is 0 Å². The van der Waals surface area contributed by atoms with Gasteiger partial charge < -0.3 is 64.9 Å². The van der Waals surface area contributed by atoms with E-state index in [-0.39, 0.29) is 45.6 Å². The Balaban J connectivity index is 1.31. The van der Waals surface area contributed by atoms with Gasteiger partial charge in [-0.2, -0.15) is 0 Å². The highest BCUT2D eigenvalue weighted by Crippen LogP contribution is 2.54. The average molecular weight is 705 g/mol. The minimum absolute atomic E-state index is 0.0782. The van der Waals surface area contributed by atoms with Gasteiger partial charge in [0.05, 0.1) is 11.8 Å². The number of aliphatic hydroxyl groups is 4. The third-order valence-corrected chi connectivity index (χ3v) is 9.31. The van der Waals surface area contributed by atoms with Gasteiger partial charge in [-0.25, -0.2) is 0 Å². The van der Waals surface area contributed by atoms with Crippen LogP contribution in [0.25, 0.3) is 0 Å². The molecule has 7 rings (SSSR count). The van der Waals surface area contributed by atoms with Crippen molar-refractivity contribution >= 4 is 11.6 Å². The highest BCUT2D eigenvalue weighted by Gasteiger charge is 2.54. The van der Waals surface area contributed by atoms with Crippen molar-refractivity contribution < 1.29 is 74.5 Å². The van der Waals surface area contributed by atoms with Crippen molar-refractivity contribution in [1.82, 2.24) is 0 Å². The van der Waals surface area contributed by atoms with Crippen molar-refractivity contribution in [2.24, 2.45) is 11.8 Å². The van der Waals surface area contributed by atoms with Gasteiger partial charge in [0, 0.05) is 24.3 Å². The molecule has 0 radical (unpaired) electrons. The zero-order valence-corrected chi connectivity index (χ0v) is 26.3. The fourth-order valence-electron chi connectivity index (χ4n) is 6.78. The van der Waals surface area contributed by atoms with Crippen LogP contribution in [0.4, 0.5) is 0 Å². The third kappa shape index (κ3) is 6.00.